The number of fused-ring (bicyclic) bond motifs is 1. The van der Waals surface area contributed by atoms with Gasteiger partial charge in [0.25, 0.3) is 5.91 Å². The van der Waals surface area contributed by atoms with Crippen LogP contribution in [0.1, 0.15) is 0 Å². The Morgan fingerprint density at radius 2 is 2.21 bits per heavy atom. The van der Waals surface area contributed by atoms with E-state index in [4.69, 9.17) is 10.5 Å². The summed E-state index contributed by atoms with van der Waals surface area (Å²) in [7, 11) is -3.67. The Balaban J connectivity index is 2.40. The van der Waals surface area contributed by atoms with Gasteiger partial charge in [-0.3, -0.25) is 4.79 Å². The molecule has 1 heterocycles. The lowest BCUT2D eigenvalue weighted by atomic mass is 10.2. The van der Waals surface area contributed by atoms with Crippen molar-refractivity contribution < 1.29 is 17.9 Å². The Kier molecular flexibility index (Phi) is 4.09. The number of hydrogen-bond acceptors (Lipinski definition) is 5. The van der Waals surface area contributed by atoms with Crippen LogP contribution >= 0.6 is 15.9 Å². The molecule has 104 valence electrons. The molecule has 0 fully saturated rings. The predicted molar refractivity (Wildman–Crippen MR) is 72.5 cm³/mol. The highest BCUT2D eigenvalue weighted by Crippen LogP contribution is 2.35. The summed E-state index contributed by atoms with van der Waals surface area (Å²) < 4.78 is 31.9. The van der Waals surface area contributed by atoms with E-state index >= 15 is 0 Å². The number of nitrogens with one attached hydrogen (secondary N) is 2. The quantitative estimate of drug-likeness (QED) is 0.709. The second-order valence-corrected chi connectivity index (χ2v) is 6.39. The van der Waals surface area contributed by atoms with Gasteiger partial charge in [-0.2, -0.15) is 0 Å². The van der Waals surface area contributed by atoms with Gasteiger partial charge in [-0.1, -0.05) is 0 Å². The van der Waals surface area contributed by atoms with Crippen molar-refractivity contribution in [1.82, 2.24) is 4.72 Å². The molecule has 9 heteroatoms. The van der Waals surface area contributed by atoms with E-state index < -0.39 is 10.0 Å². The fourth-order valence-electron chi connectivity index (χ4n) is 1.56. The number of anilines is 1. The first-order valence-corrected chi connectivity index (χ1v) is 7.67. The molecule has 1 aromatic carbocycles. The molecule has 0 radical (unpaired) electrons. The van der Waals surface area contributed by atoms with Crippen LogP contribution in [0.25, 0.3) is 0 Å². The van der Waals surface area contributed by atoms with E-state index in [0.717, 1.165) is 0 Å². The summed E-state index contributed by atoms with van der Waals surface area (Å²) in [5.41, 5.74) is 5.70. The molecule has 0 spiro atoms. The monoisotopic (exact) mass is 349 g/mol. The van der Waals surface area contributed by atoms with E-state index in [9.17, 15) is 13.2 Å². The smallest absolute Gasteiger partial charge is 0.262 e. The number of sulfonamides is 1. The molecule has 0 atom stereocenters. The zero-order valence-electron chi connectivity index (χ0n) is 9.77. The van der Waals surface area contributed by atoms with Crippen LogP contribution in [0.2, 0.25) is 0 Å². The highest BCUT2D eigenvalue weighted by atomic mass is 79.9. The van der Waals surface area contributed by atoms with Crippen LogP contribution < -0.4 is 20.5 Å². The van der Waals surface area contributed by atoms with Gasteiger partial charge < -0.3 is 15.8 Å². The van der Waals surface area contributed by atoms with Gasteiger partial charge in [0, 0.05) is 23.6 Å². The number of carbonyl (C=O) groups is 1. The topological polar surface area (TPSA) is 111 Å². The Morgan fingerprint density at radius 1 is 1.47 bits per heavy atom. The van der Waals surface area contributed by atoms with Crippen molar-refractivity contribution in [3.05, 3.63) is 16.6 Å². The molecular formula is C10H12BrN3O4S. The highest BCUT2D eigenvalue weighted by molar-refractivity contribution is 9.10. The van der Waals surface area contributed by atoms with E-state index in [1.54, 1.807) is 0 Å². The first-order valence-electron chi connectivity index (χ1n) is 5.40. The minimum Gasteiger partial charge on any atom is -0.482 e. The van der Waals surface area contributed by atoms with Crippen LogP contribution in [-0.2, 0) is 14.8 Å². The van der Waals surface area contributed by atoms with Crippen LogP contribution in [0.3, 0.4) is 0 Å². The molecule has 1 amide bonds. The number of amides is 1. The van der Waals surface area contributed by atoms with Crippen molar-refractivity contribution in [3.8, 4) is 5.75 Å². The third kappa shape index (κ3) is 3.06. The standard InChI is InChI=1S/C10H12BrN3O4S/c11-6-3-7-8(18-5-10(15)14-7)4-9(6)19(16,17)13-2-1-12/h3-4,13H,1-2,5,12H2,(H,14,15). The number of nitrogens with two attached hydrogens (primary N) is 1. The van der Waals surface area contributed by atoms with Crippen LogP contribution in [0.4, 0.5) is 5.69 Å². The minimum atomic E-state index is -3.67. The van der Waals surface area contributed by atoms with Crippen molar-refractivity contribution >= 4 is 37.5 Å². The molecule has 1 aliphatic heterocycles. The summed E-state index contributed by atoms with van der Waals surface area (Å²) in [4.78, 5) is 11.2. The molecule has 0 bridgehead atoms. The number of benzene rings is 1. The van der Waals surface area contributed by atoms with E-state index in [0.29, 0.717) is 15.9 Å². The molecule has 0 saturated heterocycles. The molecule has 0 saturated carbocycles. The van der Waals surface area contributed by atoms with Gasteiger partial charge in [-0.25, -0.2) is 13.1 Å². The molecule has 2 rings (SSSR count). The van der Waals surface area contributed by atoms with Gasteiger partial charge in [0.05, 0.1) is 10.6 Å². The van der Waals surface area contributed by atoms with Crippen molar-refractivity contribution in [3.63, 3.8) is 0 Å². The van der Waals surface area contributed by atoms with Crippen LogP contribution in [0, 0.1) is 0 Å². The second kappa shape index (κ2) is 5.45. The molecule has 0 aliphatic carbocycles. The average molecular weight is 350 g/mol. The van der Waals surface area contributed by atoms with Crippen molar-refractivity contribution in [2.75, 3.05) is 25.0 Å². The molecule has 7 nitrogen and oxygen atoms in total. The third-order valence-corrected chi connectivity index (χ3v) is 4.81. The third-order valence-electron chi connectivity index (χ3n) is 2.39. The van der Waals surface area contributed by atoms with Crippen LogP contribution in [0.5, 0.6) is 5.75 Å². The van der Waals surface area contributed by atoms with Gasteiger partial charge in [-0.15, -0.1) is 0 Å². The van der Waals surface area contributed by atoms with Gasteiger partial charge in [0.15, 0.2) is 6.61 Å². The summed E-state index contributed by atoms with van der Waals surface area (Å²) in [5.74, 6) is 0.0344. The van der Waals surface area contributed by atoms with Crippen LogP contribution in [0.15, 0.2) is 21.5 Å². The average Bonchev–Trinajstić information content (AvgIpc) is 2.35. The van der Waals surface area contributed by atoms with Gasteiger partial charge >= 0.3 is 0 Å². The number of rotatable bonds is 4. The Labute approximate surface area is 118 Å². The molecule has 1 aliphatic rings. The summed E-state index contributed by atoms with van der Waals surface area (Å²) in [6, 6.07) is 2.85. The summed E-state index contributed by atoms with van der Waals surface area (Å²) in [5, 5.41) is 2.59. The predicted octanol–water partition coefficient (Wildman–Crippen LogP) is 0.0170. The molecule has 0 aromatic heterocycles. The summed E-state index contributed by atoms with van der Waals surface area (Å²) >= 11 is 3.17. The van der Waals surface area contributed by atoms with E-state index in [-0.39, 0.29) is 30.5 Å². The molecular weight excluding hydrogens is 338 g/mol. The molecule has 1 aromatic rings. The maximum Gasteiger partial charge on any atom is 0.262 e. The van der Waals surface area contributed by atoms with Gasteiger partial charge in [0.1, 0.15) is 5.75 Å². The minimum absolute atomic E-state index is 0.0378. The van der Waals surface area contributed by atoms with Crippen molar-refractivity contribution in [1.29, 1.82) is 0 Å². The number of ether oxygens (including phenoxy) is 1. The van der Waals surface area contributed by atoms with Crippen LogP contribution in [-0.4, -0.2) is 34.0 Å². The molecule has 0 unspecified atom stereocenters. The van der Waals surface area contributed by atoms with Crippen molar-refractivity contribution in [2.24, 2.45) is 5.73 Å². The van der Waals surface area contributed by atoms with E-state index in [2.05, 4.69) is 26.0 Å². The SMILES string of the molecule is NCCNS(=O)(=O)c1cc2c(cc1Br)NC(=O)CO2. The number of carbonyl (C=O) groups excluding carboxylic acids is 1. The maximum absolute atomic E-state index is 12.0. The van der Waals surface area contributed by atoms with Crippen molar-refractivity contribution in [2.45, 2.75) is 4.90 Å². The lowest BCUT2D eigenvalue weighted by Crippen LogP contribution is -2.30. The van der Waals surface area contributed by atoms with Gasteiger partial charge in [0.2, 0.25) is 10.0 Å². The lowest BCUT2D eigenvalue weighted by Gasteiger charge is -2.19. The van der Waals surface area contributed by atoms with E-state index in [1.807, 2.05) is 0 Å². The first kappa shape index (κ1) is 14.3. The fourth-order valence-corrected chi connectivity index (χ4v) is 3.66. The zero-order valence-corrected chi connectivity index (χ0v) is 12.2. The highest BCUT2D eigenvalue weighted by Gasteiger charge is 2.23. The zero-order chi connectivity index (χ0) is 14.0. The maximum atomic E-state index is 12.0. The Morgan fingerprint density at radius 3 is 2.89 bits per heavy atom. The normalized spacial score (nSPS) is 14.5. The largest absolute Gasteiger partial charge is 0.482 e. The first-order chi connectivity index (χ1) is 8.94. The number of hydrogen-bond donors (Lipinski definition) is 3. The fraction of sp³-hybridized carbons (Fsp3) is 0.300. The second-order valence-electron chi connectivity index (χ2n) is 3.80. The lowest BCUT2D eigenvalue weighted by molar-refractivity contribution is -0.118. The molecule has 19 heavy (non-hydrogen) atoms. The summed E-state index contributed by atoms with van der Waals surface area (Å²) in [6.07, 6.45) is 0. The Hall–Kier alpha value is -1.16. The summed E-state index contributed by atoms with van der Waals surface area (Å²) in [6.45, 7) is 0.210. The number of halogens is 1. The van der Waals surface area contributed by atoms with E-state index in [1.165, 1.54) is 12.1 Å². The van der Waals surface area contributed by atoms with Gasteiger partial charge in [-0.05, 0) is 22.0 Å². The Bertz CT molecular complexity index is 617. The molecule has 4 N–H and O–H groups in total.